The molecule has 0 atom stereocenters. The van der Waals surface area contributed by atoms with Gasteiger partial charge in [0.1, 0.15) is 17.2 Å². The third kappa shape index (κ3) is 4.86. The van der Waals surface area contributed by atoms with Crippen LogP contribution < -0.4 is 4.74 Å². The Balaban J connectivity index is 1.86. The minimum atomic E-state index is -0.166. The summed E-state index contributed by atoms with van der Waals surface area (Å²) in [5.41, 5.74) is 2.23. The molecule has 1 heterocycles. The number of amides is 1. The summed E-state index contributed by atoms with van der Waals surface area (Å²) in [6.07, 6.45) is 1.75. The molecule has 0 radical (unpaired) electrons. The van der Waals surface area contributed by atoms with Gasteiger partial charge in [0.15, 0.2) is 5.17 Å². The number of aliphatic imine (C=N–C) groups is 1. The lowest BCUT2D eigenvalue weighted by molar-refractivity contribution is -0.123. The topological polar surface area (TPSA) is 59.0 Å². The Morgan fingerprint density at radius 2 is 1.85 bits per heavy atom. The summed E-state index contributed by atoms with van der Waals surface area (Å²) < 4.78 is 5.16. The number of methoxy groups -OCH3 is 1. The van der Waals surface area contributed by atoms with Gasteiger partial charge in [0.2, 0.25) is 0 Å². The molecule has 5 nitrogen and oxygen atoms in total. The molecule has 1 aliphatic heterocycles. The number of hydrogen-bond acceptors (Lipinski definition) is 5. The zero-order valence-electron chi connectivity index (χ0n) is 15.2. The number of thioether (sulfide) groups is 1. The molecule has 0 N–H and O–H groups in total. The maximum absolute atomic E-state index is 12.9. The first-order valence-electron chi connectivity index (χ1n) is 8.49. The van der Waals surface area contributed by atoms with Gasteiger partial charge < -0.3 is 4.74 Å². The van der Waals surface area contributed by atoms with Gasteiger partial charge in [-0.05, 0) is 36.3 Å². The highest BCUT2D eigenvalue weighted by molar-refractivity contribution is 8.14. The largest absolute Gasteiger partial charge is 0.497 e. The van der Waals surface area contributed by atoms with Crippen molar-refractivity contribution in [2.75, 3.05) is 12.9 Å². The number of nitrogens with zero attached hydrogens (tertiary/aromatic N) is 2. The number of Topliss-reactive ketones (excluding diaryl/α,β-unsaturated/α-hetero) is 1. The molecule has 0 saturated heterocycles. The number of ketones is 1. The van der Waals surface area contributed by atoms with Crippen LogP contribution in [0.3, 0.4) is 0 Å². The van der Waals surface area contributed by atoms with E-state index in [4.69, 9.17) is 4.74 Å². The quantitative estimate of drug-likeness (QED) is 0.716. The summed E-state index contributed by atoms with van der Waals surface area (Å²) >= 11 is 1.29. The fourth-order valence-electron chi connectivity index (χ4n) is 2.57. The van der Waals surface area contributed by atoms with E-state index < -0.39 is 0 Å². The van der Waals surface area contributed by atoms with Crippen molar-refractivity contribution >= 4 is 34.7 Å². The fraction of sp³-hybridized carbons (Fsp3) is 0.190. The van der Waals surface area contributed by atoms with Crippen LogP contribution in [0.1, 0.15) is 18.1 Å². The minimum absolute atomic E-state index is 0.0439. The van der Waals surface area contributed by atoms with Crippen molar-refractivity contribution in [2.24, 2.45) is 4.99 Å². The zero-order valence-corrected chi connectivity index (χ0v) is 16.0. The molecule has 2 aromatic rings. The second-order valence-corrected chi connectivity index (χ2v) is 7.01. The Bertz CT molecular complexity index is 889. The van der Waals surface area contributed by atoms with Crippen LogP contribution in [0, 0.1) is 0 Å². The van der Waals surface area contributed by atoms with Gasteiger partial charge in [0.25, 0.3) is 5.91 Å². The van der Waals surface area contributed by atoms with Crippen LogP contribution in [0.5, 0.6) is 5.75 Å². The maximum atomic E-state index is 12.9. The first kappa shape index (κ1) is 18.9. The van der Waals surface area contributed by atoms with Gasteiger partial charge in [0, 0.05) is 0 Å². The standard InChI is InChI=1S/C21H20N2O3S/c1-15(24)14-27-21-22-19(12-16-8-10-18(26-2)11-9-16)20(25)23(21)13-17-6-4-3-5-7-17/h3-12H,13-14H2,1-2H3/b19-12-. The van der Waals surface area contributed by atoms with E-state index >= 15 is 0 Å². The summed E-state index contributed by atoms with van der Waals surface area (Å²) in [7, 11) is 1.61. The van der Waals surface area contributed by atoms with Crippen molar-refractivity contribution < 1.29 is 14.3 Å². The fourth-order valence-corrected chi connectivity index (χ4v) is 3.37. The average molecular weight is 380 g/mol. The van der Waals surface area contributed by atoms with E-state index in [2.05, 4.69) is 4.99 Å². The van der Waals surface area contributed by atoms with Gasteiger partial charge in [0.05, 0.1) is 19.4 Å². The lowest BCUT2D eigenvalue weighted by Crippen LogP contribution is -2.30. The number of rotatable bonds is 6. The molecular weight excluding hydrogens is 360 g/mol. The summed E-state index contributed by atoms with van der Waals surface area (Å²) in [6.45, 7) is 1.95. The Labute approximate surface area is 162 Å². The molecule has 1 amide bonds. The van der Waals surface area contributed by atoms with Crippen molar-refractivity contribution in [1.82, 2.24) is 4.90 Å². The highest BCUT2D eigenvalue weighted by atomic mass is 32.2. The second-order valence-electron chi connectivity index (χ2n) is 6.06. The maximum Gasteiger partial charge on any atom is 0.278 e. The average Bonchev–Trinajstić information content (AvgIpc) is 2.97. The molecule has 27 heavy (non-hydrogen) atoms. The molecule has 0 unspecified atom stereocenters. The number of amidine groups is 1. The monoisotopic (exact) mass is 380 g/mol. The Morgan fingerprint density at radius 1 is 1.15 bits per heavy atom. The van der Waals surface area contributed by atoms with Gasteiger partial charge in [-0.25, -0.2) is 4.99 Å². The number of benzene rings is 2. The summed E-state index contributed by atoms with van der Waals surface area (Å²) in [4.78, 5) is 30.4. The zero-order chi connectivity index (χ0) is 19.2. The third-order valence-corrected chi connectivity index (χ3v) is 5.04. The highest BCUT2D eigenvalue weighted by Crippen LogP contribution is 2.26. The molecule has 3 rings (SSSR count). The van der Waals surface area contributed by atoms with E-state index in [0.717, 1.165) is 16.9 Å². The lowest BCUT2D eigenvalue weighted by Gasteiger charge is -2.17. The highest BCUT2D eigenvalue weighted by Gasteiger charge is 2.30. The van der Waals surface area contributed by atoms with Crippen molar-refractivity contribution in [3.8, 4) is 5.75 Å². The SMILES string of the molecule is COc1ccc(/C=C2\N=C(SCC(C)=O)N(Cc3ccccc3)C2=O)cc1. The van der Waals surface area contributed by atoms with Crippen molar-refractivity contribution in [1.29, 1.82) is 0 Å². The van der Waals surface area contributed by atoms with Crippen molar-refractivity contribution in [3.63, 3.8) is 0 Å². The van der Waals surface area contributed by atoms with Crippen molar-refractivity contribution in [3.05, 3.63) is 71.4 Å². The molecule has 1 aliphatic rings. The van der Waals surface area contributed by atoms with Crippen LogP contribution in [0.25, 0.3) is 6.08 Å². The molecule has 0 aliphatic carbocycles. The van der Waals surface area contributed by atoms with E-state index in [-0.39, 0.29) is 17.4 Å². The van der Waals surface area contributed by atoms with E-state index in [0.29, 0.717) is 17.4 Å². The van der Waals surface area contributed by atoms with E-state index in [9.17, 15) is 9.59 Å². The van der Waals surface area contributed by atoms with Gasteiger partial charge in [-0.15, -0.1) is 0 Å². The van der Waals surface area contributed by atoms with E-state index in [1.807, 2.05) is 54.6 Å². The predicted octanol–water partition coefficient (Wildman–Crippen LogP) is 3.76. The van der Waals surface area contributed by atoms with Crippen LogP contribution in [-0.2, 0) is 16.1 Å². The Hall–Kier alpha value is -2.86. The van der Waals surface area contributed by atoms with Crippen LogP contribution >= 0.6 is 11.8 Å². The number of carbonyl (C=O) groups excluding carboxylic acids is 2. The van der Waals surface area contributed by atoms with Gasteiger partial charge in [-0.2, -0.15) is 0 Å². The van der Waals surface area contributed by atoms with Crippen LogP contribution in [-0.4, -0.2) is 34.6 Å². The first-order chi connectivity index (χ1) is 13.1. The van der Waals surface area contributed by atoms with Crippen LogP contribution in [0.15, 0.2) is 65.3 Å². The smallest absolute Gasteiger partial charge is 0.278 e. The molecule has 0 bridgehead atoms. The second kappa shape index (κ2) is 8.68. The minimum Gasteiger partial charge on any atom is -0.497 e. The molecular formula is C21H20N2O3S. The first-order valence-corrected chi connectivity index (χ1v) is 9.48. The molecule has 0 fully saturated rings. The third-order valence-electron chi connectivity index (χ3n) is 3.92. The Kier molecular flexibility index (Phi) is 6.08. The van der Waals surface area contributed by atoms with Crippen LogP contribution in [0.2, 0.25) is 0 Å². The van der Waals surface area contributed by atoms with E-state index in [1.54, 1.807) is 18.1 Å². The lowest BCUT2D eigenvalue weighted by atomic mass is 10.1. The molecule has 0 saturated carbocycles. The molecule has 2 aromatic carbocycles. The van der Waals surface area contributed by atoms with E-state index in [1.165, 1.54) is 18.7 Å². The number of ether oxygens (including phenoxy) is 1. The van der Waals surface area contributed by atoms with Gasteiger partial charge in [-0.1, -0.05) is 54.2 Å². The Morgan fingerprint density at radius 3 is 2.48 bits per heavy atom. The molecule has 138 valence electrons. The van der Waals surface area contributed by atoms with Gasteiger partial charge in [-0.3, -0.25) is 14.5 Å². The predicted molar refractivity (Wildman–Crippen MR) is 109 cm³/mol. The normalized spacial score (nSPS) is 15.2. The summed E-state index contributed by atoms with van der Waals surface area (Å²) in [5.74, 6) is 0.914. The van der Waals surface area contributed by atoms with Gasteiger partial charge >= 0.3 is 0 Å². The van der Waals surface area contributed by atoms with Crippen molar-refractivity contribution in [2.45, 2.75) is 13.5 Å². The summed E-state index contributed by atoms with van der Waals surface area (Å²) in [6, 6.07) is 17.1. The molecule has 0 aromatic heterocycles. The number of carbonyl (C=O) groups is 2. The molecule has 0 spiro atoms. The summed E-state index contributed by atoms with van der Waals surface area (Å²) in [5, 5.41) is 0.554. The van der Waals surface area contributed by atoms with Crippen LogP contribution in [0.4, 0.5) is 0 Å². The molecule has 6 heteroatoms. The number of hydrogen-bond donors (Lipinski definition) is 0.